The van der Waals surface area contributed by atoms with Gasteiger partial charge in [-0.15, -0.1) is 0 Å². The summed E-state index contributed by atoms with van der Waals surface area (Å²) in [6, 6.07) is 8.66. The van der Waals surface area contributed by atoms with Crippen molar-refractivity contribution in [3.63, 3.8) is 0 Å². The minimum Gasteiger partial charge on any atom is -0.379 e. The molecule has 1 aromatic carbocycles. The number of thiocarbonyl (C=S) groups is 1. The molecule has 2 heteroatoms. The molecule has 0 fully saturated rings. The fourth-order valence-electron chi connectivity index (χ4n) is 1.28. The van der Waals surface area contributed by atoms with Crippen LogP contribution in [0.5, 0.6) is 0 Å². The van der Waals surface area contributed by atoms with Crippen LogP contribution in [0.2, 0.25) is 0 Å². The van der Waals surface area contributed by atoms with Gasteiger partial charge < -0.3 is 5.32 Å². The summed E-state index contributed by atoms with van der Waals surface area (Å²) in [6.45, 7) is 2.11. The van der Waals surface area contributed by atoms with Crippen LogP contribution < -0.4 is 5.32 Å². The highest BCUT2D eigenvalue weighted by molar-refractivity contribution is 7.80. The van der Waals surface area contributed by atoms with Gasteiger partial charge in [-0.2, -0.15) is 0 Å². The van der Waals surface area contributed by atoms with E-state index < -0.39 is 0 Å². The Balaban J connectivity index is 2.35. The third kappa shape index (κ3) is 4.75. The number of aryl methyl sites for hydroxylation is 2. The molecule has 0 aliphatic heterocycles. The highest BCUT2D eigenvalue weighted by Gasteiger charge is 1.90. The first kappa shape index (κ1) is 11.9. The zero-order valence-electron chi connectivity index (χ0n) is 9.29. The Morgan fingerprint density at radius 2 is 2.00 bits per heavy atom. The van der Waals surface area contributed by atoms with Crippen molar-refractivity contribution in [2.24, 2.45) is 0 Å². The van der Waals surface area contributed by atoms with E-state index in [9.17, 15) is 0 Å². The molecule has 0 aromatic heterocycles. The SMILES string of the molecule is CNC(=S)/C=C/CCc1ccc(C)cc1. The van der Waals surface area contributed by atoms with E-state index in [4.69, 9.17) is 12.2 Å². The van der Waals surface area contributed by atoms with Crippen LogP contribution in [0.3, 0.4) is 0 Å². The zero-order valence-corrected chi connectivity index (χ0v) is 10.1. The minimum atomic E-state index is 0.791. The largest absolute Gasteiger partial charge is 0.379 e. The summed E-state index contributed by atoms with van der Waals surface area (Å²) in [4.78, 5) is 0.791. The second-order valence-electron chi connectivity index (χ2n) is 3.54. The van der Waals surface area contributed by atoms with Gasteiger partial charge in [-0.1, -0.05) is 48.1 Å². The predicted molar refractivity (Wildman–Crippen MR) is 70.3 cm³/mol. The van der Waals surface area contributed by atoms with E-state index in [1.807, 2.05) is 13.1 Å². The number of hydrogen-bond acceptors (Lipinski definition) is 1. The molecule has 1 aromatic rings. The lowest BCUT2D eigenvalue weighted by Crippen LogP contribution is -2.11. The van der Waals surface area contributed by atoms with Crippen molar-refractivity contribution < 1.29 is 0 Å². The van der Waals surface area contributed by atoms with Crippen molar-refractivity contribution in [3.05, 3.63) is 47.5 Å². The van der Waals surface area contributed by atoms with Crippen molar-refractivity contribution in [1.29, 1.82) is 0 Å². The van der Waals surface area contributed by atoms with Gasteiger partial charge in [0.25, 0.3) is 0 Å². The molecule has 0 saturated carbocycles. The van der Waals surface area contributed by atoms with Crippen LogP contribution in [-0.2, 0) is 6.42 Å². The summed E-state index contributed by atoms with van der Waals surface area (Å²) in [7, 11) is 1.84. The van der Waals surface area contributed by atoms with Crippen LogP contribution >= 0.6 is 12.2 Å². The van der Waals surface area contributed by atoms with Crippen molar-refractivity contribution in [3.8, 4) is 0 Å². The highest BCUT2D eigenvalue weighted by Crippen LogP contribution is 2.05. The minimum absolute atomic E-state index is 0.791. The molecule has 0 unspecified atom stereocenters. The quantitative estimate of drug-likeness (QED) is 0.617. The van der Waals surface area contributed by atoms with Crippen LogP contribution in [0.25, 0.3) is 0 Å². The molecule has 1 N–H and O–H groups in total. The molecule has 0 bridgehead atoms. The summed E-state index contributed by atoms with van der Waals surface area (Å²) in [6.07, 6.45) is 6.16. The topological polar surface area (TPSA) is 12.0 Å². The van der Waals surface area contributed by atoms with Gasteiger partial charge in [-0.3, -0.25) is 0 Å². The molecule has 0 amide bonds. The Bertz CT molecular complexity index is 338. The molecule has 0 spiro atoms. The fourth-order valence-corrected chi connectivity index (χ4v) is 1.37. The van der Waals surface area contributed by atoms with Crippen LogP contribution in [0, 0.1) is 6.92 Å². The zero-order chi connectivity index (χ0) is 11.1. The first-order valence-electron chi connectivity index (χ1n) is 5.16. The van der Waals surface area contributed by atoms with Gasteiger partial charge in [0, 0.05) is 7.05 Å². The molecular weight excluding hydrogens is 202 g/mol. The third-order valence-electron chi connectivity index (χ3n) is 2.24. The number of hydrogen-bond donors (Lipinski definition) is 1. The Hall–Kier alpha value is -1.15. The number of rotatable bonds is 4. The average Bonchev–Trinajstić information content (AvgIpc) is 2.26. The summed E-state index contributed by atoms with van der Waals surface area (Å²) < 4.78 is 0. The lowest BCUT2D eigenvalue weighted by molar-refractivity contribution is 1.00. The van der Waals surface area contributed by atoms with Crippen molar-refractivity contribution in [2.45, 2.75) is 19.8 Å². The maximum absolute atomic E-state index is 5.00. The van der Waals surface area contributed by atoms with E-state index in [1.165, 1.54) is 11.1 Å². The van der Waals surface area contributed by atoms with Crippen LogP contribution in [-0.4, -0.2) is 12.0 Å². The maximum atomic E-state index is 5.00. The second-order valence-corrected chi connectivity index (χ2v) is 3.98. The third-order valence-corrected chi connectivity index (χ3v) is 2.58. The summed E-state index contributed by atoms with van der Waals surface area (Å²) in [5, 5.41) is 2.92. The number of allylic oxidation sites excluding steroid dienone is 1. The lowest BCUT2D eigenvalue weighted by Gasteiger charge is -1.99. The van der Waals surface area contributed by atoms with Gasteiger partial charge in [-0.05, 0) is 31.4 Å². The van der Waals surface area contributed by atoms with Crippen molar-refractivity contribution >= 4 is 17.2 Å². The van der Waals surface area contributed by atoms with Crippen molar-refractivity contribution in [1.82, 2.24) is 5.32 Å². The average molecular weight is 219 g/mol. The van der Waals surface area contributed by atoms with E-state index in [-0.39, 0.29) is 0 Å². The Labute approximate surface area is 97.2 Å². The molecule has 0 radical (unpaired) electrons. The lowest BCUT2D eigenvalue weighted by atomic mass is 10.1. The molecular formula is C13H17NS. The van der Waals surface area contributed by atoms with Crippen LogP contribution in [0.4, 0.5) is 0 Å². The van der Waals surface area contributed by atoms with E-state index in [0.717, 1.165) is 17.8 Å². The molecule has 0 atom stereocenters. The van der Waals surface area contributed by atoms with Gasteiger partial charge in [0.15, 0.2) is 0 Å². The van der Waals surface area contributed by atoms with Gasteiger partial charge in [0.05, 0.1) is 4.99 Å². The second kappa shape index (κ2) is 6.36. The normalized spacial score (nSPS) is 10.5. The first-order valence-corrected chi connectivity index (χ1v) is 5.57. The molecule has 0 saturated heterocycles. The van der Waals surface area contributed by atoms with Gasteiger partial charge in [0.2, 0.25) is 0 Å². The Morgan fingerprint density at radius 3 is 2.60 bits per heavy atom. The molecule has 0 aliphatic carbocycles. The van der Waals surface area contributed by atoms with Crippen LogP contribution in [0.1, 0.15) is 17.5 Å². The fraction of sp³-hybridized carbons (Fsp3) is 0.308. The smallest absolute Gasteiger partial charge is 0.0982 e. The molecule has 0 aliphatic rings. The van der Waals surface area contributed by atoms with Gasteiger partial charge >= 0.3 is 0 Å². The van der Waals surface area contributed by atoms with Crippen molar-refractivity contribution in [2.75, 3.05) is 7.05 Å². The molecule has 0 heterocycles. The van der Waals surface area contributed by atoms with E-state index in [2.05, 4.69) is 42.6 Å². The number of likely N-dealkylation sites (N-methyl/N-ethyl adjacent to an activating group) is 1. The van der Waals surface area contributed by atoms with Crippen LogP contribution in [0.15, 0.2) is 36.4 Å². The summed E-state index contributed by atoms with van der Waals surface area (Å²) in [5.41, 5.74) is 2.69. The number of nitrogens with one attached hydrogen (secondary N) is 1. The Kier molecular flexibility index (Phi) is 5.05. The number of benzene rings is 1. The predicted octanol–water partition coefficient (Wildman–Crippen LogP) is 3.03. The van der Waals surface area contributed by atoms with E-state index >= 15 is 0 Å². The monoisotopic (exact) mass is 219 g/mol. The molecule has 80 valence electrons. The molecule has 1 rings (SSSR count). The van der Waals surface area contributed by atoms with E-state index in [0.29, 0.717) is 0 Å². The van der Waals surface area contributed by atoms with E-state index in [1.54, 1.807) is 0 Å². The van der Waals surface area contributed by atoms with Gasteiger partial charge in [-0.25, -0.2) is 0 Å². The summed E-state index contributed by atoms with van der Waals surface area (Å²) in [5.74, 6) is 0. The highest BCUT2D eigenvalue weighted by atomic mass is 32.1. The molecule has 15 heavy (non-hydrogen) atoms. The van der Waals surface area contributed by atoms with Gasteiger partial charge in [0.1, 0.15) is 0 Å². The first-order chi connectivity index (χ1) is 7.22. The standard InChI is InChI=1S/C13H17NS/c1-11-7-9-12(10-8-11)5-3-4-6-13(15)14-2/h4,6-10H,3,5H2,1-2H3,(H,14,15)/b6-4+. The maximum Gasteiger partial charge on any atom is 0.0982 e. The summed E-state index contributed by atoms with van der Waals surface area (Å²) >= 11 is 5.00. The Morgan fingerprint density at radius 1 is 1.33 bits per heavy atom. The molecule has 1 nitrogen and oxygen atoms in total.